The molecule has 0 aromatic heterocycles. The molecule has 0 spiro atoms. The van der Waals surface area contributed by atoms with Crippen molar-refractivity contribution in [1.82, 2.24) is 10.2 Å². The van der Waals surface area contributed by atoms with E-state index in [0.29, 0.717) is 0 Å². The van der Waals surface area contributed by atoms with Gasteiger partial charge in [-0.1, -0.05) is 24.3 Å². The largest absolute Gasteiger partial charge is 0.316 e. The summed E-state index contributed by atoms with van der Waals surface area (Å²) in [5.41, 5.74) is 3.15. The van der Waals surface area contributed by atoms with Crippen molar-refractivity contribution in [1.29, 1.82) is 0 Å². The third-order valence-electron chi connectivity index (χ3n) is 5.17. The van der Waals surface area contributed by atoms with E-state index in [-0.39, 0.29) is 0 Å². The zero-order chi connectivity index (χ0) is 12.7. The van der Waals surface area contributed by atoms with Crippen LogP contribution in [0.25, 0.3) is 0 Å². The molecule has 3 aliphatic rings. The Bertz CT molecular complexity index is 452. The number of fused-ring (bicyclic) bond motifs is 1. The van der Waals surface area contributed by atoms with Gasteiger partial charge in [-0.25, -0.2) is 0 Å². The van der Waals surface area contributed by atoms with Crippen LogP contribution in [-0.4, -0.2) is 37.1 Å². The monoisotopic (exact) mass is 256 g/mol. The van der Waals surface area contributed by atoms with Crippen LogP contribution in [0.4, 0.5) is 0 Å². The highest BCUT2D eigenvalue weighted by Gasteiger charge is 2.34. The summed E-state index contributed by atoms with van der Waals surface area (Å²) in [6.07, 6.45) is 5.60. The van der Waals surface area contributed by atoms with Crippen LogP contribution >= 0.6 is 0 Å². The van der Waals surface area contributed by atoms with Gasteiger partial charge in [-0.05, 0) is 55.8 Å². The van der Waals surface area contributed by atoms with Gasteiger partial charge in [0.2, 0.25) is 0 Å². The normalized spacial score (nSPS) is 30.1. The number of rotatable bonds is 5. The van der Waals surface area contributed by atoms with Crippen LogP contribution in [0.1, 0.15) is 36.3 Å². The summed E-state index contributed by atoms with van der Waals surface area (Å²) in [5, 5.41) is 3.72. The van der Waals surface area contributed by atoms with Crippen LogP contribution in [0.3, 0.4) is 0 Å². The molecule has 19 heavy (non-hydrogen) atoms. The molecular weight excluding hydrogens is 232 g/mol. The minimum Gasteiger partial charge on any atom is -0.316 e. The molecule has 2 heteroatoms. The Morgan fingerprint density at radius 1 is 1.11 bits per heavy atom. The first kappa shape index (κ1) is 11.9. The lowest BCUT2D eigenvalue weighted by Gasteiger charge is -2.30. The third-order valence-corrected chi connectivity index (χ3v) is 5.17. The number of likely N-dealkylation sites (tertiary alicyclic amines) is 1. The molecule has 2 atom stereocenters. The van der Waals surface area contributed by atoms with E-state index in [0.717, 1.165) is 17.9 Å². The Morgan fingerprint density at radius 3 is 2.84 bits per heavy atom. The van der Waals surface area contributed by atoms with E-state index in [1.807, 2.05) is 0 Å². The van der Waals surface area contributed by atoms with Crippen molar-refractivity contribution < 1.29 is 0 Å². The summed E-state index contributed by atoms with van der Waals surface area (Å²) in [4.78, 5) is 2.71. The van der Waals surface area contributed by atoms with Gasteiger partial charge in [0.1, 0.15) is 0 Å². The third kappa shape index (κ3) is 2.44. The molecule has 0 amide bonds. The van der Waals surface area contributed by atoms with Crippen molar-refractivity contribution in [2.75, 3.05) is 26.2 Å². The van der Waals surface area contributed by atoms with Gasteiger partial charge in [0, 0.05) is 25.0 Å². The van der Waals surface area contributed by atoms with Crippen LogP contribution < -0.4 is 5.32 Å². The van der Waals surface area contributed by atoms with Gasteiger partial charge in [0.25, 0.3) is 0 Å². The molecule has 0 radical (unpaired) electrons. The summed E-state index contributed by atoms with van der Waals surface area (Å²) in [7, 11) is 0. The standard InChI is InChI=1S/C17H24N2/c1-2-4-17-14(3-1)9-15(17)11-18-10-13-7-8-19(12-13)16-5-6-16/h1-4,13,15-16,18H,5-12H2. The first-order chi connectivity index (χ1) is 9.40. The second-order valence-corrected chi connectivity index (χ2v) is 6.64. The van der Waals surface area contributed by atoms with Crippen LogP contribution in [-0.2, 0) is 6.42 Å². The molecule has 1 heterocycles. The quantitative estimate of drug-likeness (QED) is 0.870. The molecule has 2 unspecified atom stereocenters. The molecule has 1 aliphatic heterocycles. The van der Waals surface area contributed by atoms with Crippen LogP contribution in [0.2, 0.25) is 0 Å². The summed E-state index contributed by atoms with van der Waals surface area (Å²) < 4.78 is 0. The maximum Gasteiger partial charge on any atom is 0.00965 e. The Hall–Kier alpha value is -0.860. The molecule has 1 saturated heterocycles. The van der Waals surface area contributed by atoms with Crippen molar-refractivity contribution >= 4 is 0 Å². The lowest BCUT2D eigenvalue weighted by atomic mass is 9.77. The molecule has 1 aromatic rings. The number of hydrogen-bond acceptors (Lipinski definition) is 2. The fourth-order valence-corrected chi connectivity index (χ4v) is 3.81. The lowest BCUT2D eigenvalue weighted by Crippen LogP contribution is -2.33. The van der Waals surface area contributed by atoms with Crippen molar-refractivity contribution in [2.45, 2.75) is 37.6 Å². The topological polar surface area (TPSA) is 15.3 Å². The van der Waals surface area contributed by atoms with Gasteiger partial charge in [0.15, 0.2) is 0 Å². The average molecular weight is 256 g/mol. The van der Waals surface area contributed by atoms with E-state index >= 15 is 0 Å². The molecule has 4 rings (SSSR count). The summed E-state index contributed by atoms with van der Waals surface area (Å²) in [6, 6.07) is 9.87. The predicted octanol–water partition coefficient (Wildman–Crippen LogP) is 2.40. The lowest BCUT2D eigenvalue weighted by molar-refractivity contribution is 0.311. The van der Waals surface area contributed by atoms with Crippen molar-refractivity contribution in [3.05, 3.63) is 35.4 Å². The van der Waals surface area contributed by atoms with Crippen LogP contribution in [0.15, 0.2) is 24.3 Å². The Labute approximate surface area is 116 Å². The molecule has 1 aromatic carbocycles. The predicted molar refractivity (Wildman–Crippen MR) is 78.5 cm³/mol. The molecule has 1 N–H and O–H groups in total. The van der Waals surface area contributed by atoms with E-state index in [1.165, 1.54) is 51.9 Å². The first-order valence-corrected chi connectivity index (χ1v) is 7.93. The second-order valence-electron chi connectivity index (χ2n) is 6.64. The average Bonchev–Trinajstić information content (AvgIpc) is 3.15. The fraction of sp³-hybridized carbons (Fsp3) is 0.647. The van der Waals surface area contributed by atoms with Crippen molar-refractivity contribution in [2.24, 2.45) is 5.92 Å². The summed E-state index contributed by atoms with van der Waals surface area (Å²) in [5.74, 6) is 1.67. The van der Waals surface area contributed by atoms with Gasteiger partial charge in [0.05, 0.1) is 0 Å². The maximum atomic E-state index is 3.72. The van der Waals surface area contributed by atoms with E-state index in [9.17, 15) is 0 Å². The highest BCUT2D eigenvalue weighted by atomic mass is 15.2. The molecule has 1 saturated carbocycles. The molecule has 102 valence electrons. The molecule has 0 bridgehead atoms. The van der Waals surface area contributed by atoms with Gasteiger partial charge < -0.3 is 10.2 Å². The van der Waals surface area contributed by atoms with Crippen LogP contribution in [0, 0.1) is 5.92 Å². The highest BCUT2D eigenvalue weighted by Crippen LogP contribution is 2.34. The molecule has 2 aliphatic carbocycles. The fourth-order valence-electron chi connectivity index (χ4n) is 3.81. The number of benzene rings is 1. The molecular formula is C17H24N2. The zero-order valence-electron chi connectivity index (χ0n) is 11.6. The summed E-state index contributed by atoms with van der Waals surface area (Å²) in [6.45, 7) is 5.10. The van der Waals surface area contributed by atoms with Gasteiger partial charge in [-0.3, -0.25) is 0 Å². The van der Waals surface area contributed by atoms with Crippen molar-refractivity contribution in [3.63, 3.8) is 0 Å². The second kappa shape index (κ2) is 4.92. The van der Waals surface area contributed by atoms with Crippen molar-refractivity contribution in [3.8, 4) is 0 Å². The van der Waals surface area contributed by atoms with Gasteiger partial charge in [-0.2, -0.15) is 0 Å². The minimum absolute atomic E-state index is 0.775. The van der Waals surface area contributed by atoms with E-state index in [1.54, 1.807) is 11.1 Å². The number of nitrogens with zero attached hydrogens (tertiary/aromatic N) is 1. The maximum absolute atomic E-state index is 3.72. The van der Waals surface area contributed by atoms with E-state index in [2.05, 4.69) is 34.5 Å². The Morgan fingerprint density at radius 2 is 2.00 bits per heavy atom. The van der Waals surface area contributed by atoms with Gasteiger partial charge in [-0.15, -0.1) is 0 Å². The van der Waals surface area contributed by atoms with Gasteiger partial charge >= 0.3 is 0 Å². The highest BCUT2D eigenvalue weighted by molar-refractivity contribution is 5.40. The Balaban J connectivity index is 1.20. The summed E-state index contributed by atoms with van der Waals surface area (Å²) >= 11 is 0. The SMILES string of the molecule is c1ccc2c(c1)CC2CNCC1CCN(C2CC2)C1. The Kier molecular flexibility index (Phi) is 3.08. The smallest absolute Gasteiger partial charge is 0.00965 e. The molecule has 2 nitrogen and oxygen atoms in total. The number of hydrogen-bond donors (Lipinski definition) is 1. The number of nitrogens with one attached hydrogen (secondary N) is 1. The van der Waals surface area contributed by atoms with E-state index < -0.39 is 0 Å². The van der Waals surface area contributed by atoms with Crippen LogP contribution in [0.5, 0.6) is 0 Å². The zero-order valence-corrected chi connectivity index (χ0v) is 11.6. The van der Waals surface area contributed by atoms with E-state index in [4.69, 9.17) is 0 Å². The minimum atomic E-state index is 0.775. The first-order valence-electron chi connectivity index (χ1n) is 7.93. The molecule has 2 fully saturated rings.